The van der Waals surface area contributed by atoms with E-state index in [0.29, 0.717) is 17.2 Å². The largest absolute Gasteiger partial charge is 0.493 e. The van der Waals surface area contributed by atoms with Gasteiger partial charge in [-0.15, -0.1) is 0 Å². The first-order chi connectivity index (χ1) is 10.6. The molecule has 2 amide bonds. The van der Waals surface area contributed by atoms with Crippen LogP contribution in [-0.2, 0) is 9.59 Å². The van der Waals surface area contributed by atoms with Gasteiger partial charge in [0.25, 0.3) is 0 Å². The average Bonchev–Trinajstić information content (AvgIpc) is 2.99. The maximum atomic E-state index is 11.9. The highest BCUT2D eigenvalue weighted by Gasteiger charge is 2.18. The molecule has 120 valence electrons. The third-order valence-corrected chi connectivity index (χ3v) is 3.71. The van der Waals surface area contributed by atoms with E-state index in [-0.39, 0.29) is 24.3 Å². The first-order valence-corrected chi connectivity index (χ1v) is 7.43. The monoisotopic (exact) mass is 306 g/mol. The van der Waals surface area contributed by atoms with Gasteiger partial charge in [-0.3, -0.25) is 9.59 Å². The highest BCUT2D eigenvalue weighted by Crippen LogP contribution is 2.29. The molecule has 0 radical (unpaired) electrons. The Kier molecular flexibility index (Phi) is 5.63. The zero-order chi connectivity index (χ0) is 15.9. The number of hydrogen-bond acceptors (Lipinski definition) is 4. The van der Waals surface area contributed by atoms with Crippen molar-refractivity contribution in [3.05, 3.63) is 18.2 Å². The van der Waals surface area contributed by atoms with Gasteiger partial charge in [0, 0.05) is 17.8 Å². The maximum absolute atomic E-state index is 11.9. The summed E-state index contributed by atoms with van der Waals surface area (Å²) in [6, 6.07) is 5.29. The van der Waals surface area contributed by atoms with E-state index in [2.05, 4.69) is 10.6 Å². The van der Waals surface area contributed by atoms with E-state index in [1.54, 1.807) is 25.3 Å². The van der Waals surface area contributed by atoms with Gasteiger partial charge in [-0.05, 0) is 25.0 Å². The topological polar surface area (TPSA) is 76.7 Å². The van der Waals surface area contributed by atoms with E-state index in [4.69, 9.17) is 9.47 Å². The van der Waals surface area contributed by atoms with Gasteiger partial charge in [0.05, 0.1) is 14.2 Å². The molecule has 0 unspecified atom stereocenters. The summed E-state index contributed by atoms with van der Waals surface area (Å²) in [5.41, 5.74) is 0.566. The summed E-state index contributed by atoms with van der Waals surface area (Å²) in [6.07, 6.45) is 4.11. The highest BCUT2D eigenvalue weighted by atomic mass is 16.5. The second kappa shape index (κ2) is 7.68. The molecule has 0 aliphatic heterocycles. The van der Waals surface area contributed by atoms with Crippen LogP contribution in [0, 0.1) is 0 Å². The van der Waals surface area contributed by atoms with Crippen LogP contribution >= 0.6 is 0 Å². The van der Waals surface area contributed by atoms with Crippen LogP contribution in [0.4, 0.5) is 5.69 Å². The fourth-order valence-corrected chi connectivity index (χ4v) is 2.61. The summed E-state index contributed by atoms with van der Waals surface area (Å²) in [5.74, 6) is 0.530. The molecule has 0 saturated heterocycles. The molecule has 1 aliphatic carbocycles. The van der Waals surface area contributed by atoms with Crippen molar-refractivity contribution in [2.45, 2.75) is 38.1 Å². The minimum absolute atomic E-state index is 0.176. The van der Waals surface area contributed by atoms with Crippen LogP contribution in [0.5, 0.6) is 11.5 Å². The zero-order valence-electron chi connectivity index (χ0n) is 13.0. The molecule has 1 aromatic rings. The number of ether oxygens (including phenoxy) is 2. The van der Waals surface area contributed by atoms with Crippen LogP contribution in [0.25, 0.3) is 0 Å². The minimum Gasteiger partial charge on any atom is -0.493 e. The van der Waals surface area contributed by atoms with Crippen molar-refractivity contribution in [2.75, 3.05) is 19.5 Å². The molecule has 6 nitrogen and oxygen atoms in total. The van der Waals surface area contributed by atoms with E-state index >= 15 is 0 Å². The van der Waals surface area contributed by atoms with E-state index in [9.17, 15) is 9.59 Å². The lowest BCUT2D eigenvalue weighted by Gasteiger charge is -2.12. The van der Waals surface area contributed by atoms with Gasteiger partial charge >= 0.3 is 0 Å². The minimum atomic E-state index is -0.345. The van der Waals surface area contributed by atoms with Gasteiger partial charge in [-0.2, -0.15) is 0 Å². The number of rotatable bonds is 6. The van der Waals surface area contributed by atoms with E-state index in [1.807, 2.05) is 0 Å². The number of carbonyl (C=O) groups is 2. The van der Waals surface area contributed by atoms with Crippen LogP contribution in [0.2, 0.25) is 0 Å². The molecular formula is C16H22N2O4. The number of carbonyl (C=O) groups excluding carboxylic acids is 2. The van der Waals surface area contributed by atoms with Crippen molar-refractivity contribution in [1.29, 1.82) is 0 Å². The van der Waals surface area contributed by atoms with Crippen LogP contribution < -0.4 is 20.1 Å². The predicted molar refractivity (Wildman–Crippen MR) is 83.2 cm³/mol. The Morgan fingerprint density at radius 2 is 1.77 bits per heavy atom. The normalized spacial score (nSPS) is 14.5. The standard InChI is InChI=1S/C16H22N2O4/c1-21-13-8-7-12(9-14(13)22-2)18-16(20)10-15(19)17-11-5-3-4-6-11/h7-9,11H,3-6,10H2,1-2H3,(H,17,19)(H,18,20). The van der Waals surface area contributed by atoms with Gasteiger partial charge in [-0.1, -0.05) is 12.8 Å². The molecule has 6 heteroatoms. The lowest BCUT2D eigenvalue weighted by molar-refractivity contribution is -0.127. The number of methoxy groups -OCH3 is 2. The third kappa shape index (κ3) is 4.38. The van der Waals surface area contributed by atoms with Crippen molar-refractivity contribution < 1.29 is 19.1 Å². The Balaban J connectivity index is 1.87. The second-order valence-corrected chi connectivity index (χ2v) is 5.34. The molecule has 2 rings (SSSR count). The van der Waals surface area contributed by atoms with Crippen LogP contribution in [-0.4, -0.2) is 32.1 Å². The van der Waals surface area contributed by atoms with Crippen molar-refractivity contribution >= 4 is 17.5 Å². The maximum Gasteiger partial charge on any atom is 0.233 e. The van der Waals surface area contributed by atoms with Crippen molar-refractivity contribution in [1.82, 2.24) is 5.32 Å². The highest BCUT2D eigenvalue weighted by molar-refractivity contribution is 6.03. The van der Waals surface area contributed by atoms with Crippen molar-refractivity contribution in [2.24, 2.45) is 0 Å². The Bertz CT molecular complexity index is 539. The third-order valence-electron chi connectivity index (χ3n) is 3.71. The number of amides is 2. The molecule has 22 heavy (non-hydrogen) atoms. The zero-order valence-corrected chi connectivity index (χ0v) is 13.0. The smallest absolute Gasteiger partial charge is 0.233 e. The first kappa shape index (κ1) is 16.1. The average molecular weight is 306 g/mol. The summed E-state index contributed by atoms with van der Waals surface area (Å²) >= 11 is 0. The van der Waals surface area contributed by atoms with Gasteiger partial charge in [0.15, 0.2) is 11.5 Å². The number of nitrogens with one attached hydrogen (secondary N) is 2. The Morgan fingerprint density at radius 1 is 1.09 bits per heavy atom. The van der Waals surface area contributed by atoms with E-state index in [0.717, 1.165) is 25.7 Å². The van der Waals surface area contributed by atoms with Crippen LogP contribution in [0.3, 0.4) is 0 Å². The fraction of sp³-hybridized carbons (Fsp3) is 0.500. The Hall–Kier alpha value is -2.24. The molecule has 2 N–H and O–H groups in total. The molecule has 0 atom stereocenters. The lowest BCUT2D eigenvalue weighted by atomic mass is 10.2. The lowest BCUT2D eigenvalue weighted by Crippen LogP contribution is -2.35. The summed E-state index contributed by atoms with van der Waals surface area (Å²) < 4.78 is 10.3. The summed E-state index contributed by atoms with van der Waals surface area (Å²) in [6.45, 7) is 0. The van der Waals surface area contributed by atoms with Gasteiger partial charge in [0.1, 0.15) is 6.42 Å². The molecule has 0 spiro atoms. The summed E-state index contributed by atoms with van der Waals surface area (Å²) in [7, 11) is 3.07. The Morgan fingerprint density at radius 3 is 2.41 bits per heavy atom. The first-order valence-electron chi connectivity index (χ1n) is 7.43. The van der Waals surface area contributed by atoms with E-state index < -0.39 is 0 Å². The van der Waals surface area contributed by atoms with E-state index in [1.165, 1.54) is 7.11 Å². The fourth-order valence-electron chi connectivity index (χ4n) is 2.61. The molecule has 1 fully saturated rings. The summed E-state index contributed by atoms with van der Waals surface area (Å²) in [4.78, 5) is 23.7. The SMILES string of the molecule is COc1ccc(NC(=O)CC(=O)NC2CCCC2)cc1OC. The second-order valence-electron chi connectivity index (χ2n) is 5.34. The Labute approximate surface area is 130 Å². The molecule has 1 aromatic carbocycles. The van der Waals surface area contributed by atoms with Crippen molar-refractivity contribution in [3.8, 4) is 11.5 Å². The number of anilines is 1. The molecule has 1 saturated carbocycles. The molecule has 0 heterocycles. The number of benzene rings is 1. The summed E-state index contributed by atoms with van der Waals surface area (Å²) in [5, 5.41) is 5.58. The molecule has 0 bridgehead atoms. The number of hydrogen-bond donors (Lipinski definition) is 2. The quantitative estimate of drug-likeness (QED) is 0.789. The van der Waals surface area contributed by atoms with Gasteiger partial charge < -0.3 is 20.1 Å². The molecule has 0 aromatic heterocycles. The van der Waals surface area contributed by atoms with Gasteiger partial charge in [0.2, 0.25) is 11.8 Å². The van der Waals surface area contributed by atoms with Crippen LogP contribution in [0.1, 0.15) is 32.1 Å². The molecular weight excluding hydrogens is 284 g/mol. The molecule has 1 aliphatic rings. The van der Waals surface area contributed by atoms with Crippen molar-refractivity contribution in [3.63, 3.8) is 0 Å². The van der Waals surface area contributed by atoms with Gasteiger partial charge in [-0.25, -0.2) is 0 Å². The van der Waals surface area contributed by atoms with Crippen LogP contribution in [0.15, 0.2) is 18.2 Å². The predicted octanol–water partition coefficient (Wildman–Crippen LogP) is 2.09.